The average Bonchev–Trinajstić information content (AvgIpc) is 2.60. The standard InChI is InChI=1S/C20H22N2O4/c1-20(2,3)12-7-9-13(10-8-12)22-18(23)14-5-4-6-15-17(14)26-16(11-21-15)19(24)25/h4-10,16,21H,11H2,1-3H3,(H,22,23)(H,24,25). The zero-order chi connectivity index (χ0) is 18.9. The Morgan fingerprint density at radius 2 is 1.85 bits per heavy atom. The van der Waals surface area contributed by atoms with E-state index in [-0.39, 0.29) is 23.6 Å². The number of carbonyl (C=O) groups excluding carboxylic acids is 1. The summed E-state index contributed by atoms with van der Waals surface area (Å²) in [5.41, 5.74) is 2.77. The molecule has 6 heteroatoms. The second kappa shape index (κ2) is 6.71. The first-order chi connectivity index (χ1) is 12.3. The molecule has 0 radical (unpaired) electrons. The number of amides is 1. The van der Waals surface area contributed by atoms with E-state index in [2.05, 4.69) is 31.4 Å². The van der Waals surface area contributed by atoms with E-state index in [1.165, 1.54) is 5.56 Å². The molecule has 0 aliphatic carbocycles. The molecule has 1 aliphatic heterocycles. The smallest absolute Gasteiger partial charge is 0.346 e. The van der Waals surface area contributed by atoms with E-state index in [1.54, 1.807) is 18.2 Å². The summed E-state index contributed by atoms with van der Waals surface area (Å²) in [6.45, 7) is 6.53. The lowest BCUT2D eigenvalue weighted by atomic mass is 9.87. The van der Waals surface area contributed by atoms with Crippen LogP contribution in [0.2, 0.25) is 0 Å². The van der Waals surface area contributed by atoms with Crippen LogP contribution in [0.3, 0.4) is 0 Å². The number of hydrogen-bond donors (Lipinski definition) is 3. The number of nitrogens with one attached hydrogen (secondary N) is 2. The van der Waals surface area contributed by atoms with Gasteiger partial charge in [0.2, 0.25) is 6.10 Å². The van der Waals surface area contributed by atoms with Gasteiger partial charge in [-0.15, -0.1) is 0 Å². The fourth-order valence-electron chi connectivity index (χ4n) is 2.76. The van der Waals surface area contributed by atoms with E-state index in [9.17, 15) is 9.59 Å². The minimum Gasteiger partial charge on any atom is -0.478 e. The molecule has 1 atom stereocenters. The Balaban J connectivity index is 1.82. The van der Waals surface area contributed by atoms with Crippen molar-refractivity contribution in [3.63, 3.8) is 0 Å². The number of para-hydroxylation sites is 1. The van der Waals surface area contributed by atoms with Crippen LogP contribution in [0.15, 0.2) is 42.5 Å². The predicted molar refractivity (Wildman–Crippen MR) is 100 cm³/mol. The topological polar surface area (TPSA) is 87.7 Å². The van der Waals surface area contributed by atoms with Gasteiger partial charge in [0, 0.05) is 5.69 Å². The maximum Gasteiger partial charge on any atom is 0.346 e. The van der Waals surface area contributed by atoms with Gasteiger partial charge in [-0.25, -0.2) is 4.79 Å². The molecule has 0 aromatic heterocycles. The summed E-state index contributed by atoms with van der Waals surface area (Å²) in [5.74, 6) is -1.16. The Hall–Kier alpha value is -3.02. The van der Waals surface area contributed by atoms with Gasteiger partial charge < -0.3 is 20.5 Å². The third-order valence-corrected chi connectivity index (χ3v) is 4.28. The number of aliphatic carboxylic acids is 1. The summed E-state index contributed by atoms with van der Waals surface area (Å²) < 4.78 is 5.52. The fourth-order valence-corrected chi connectivity index (χ4v) is 2.76. The van der Waals surface area contributed by atoms with E-state index in [0.717, 1.165) is 0 Å². The van der Waals surface area contributed by atoms with Gasteiger partial charge in [-0.2, -0.15) is 0 Å². The van der Waals surface area contributed by atoms with Crippen molar-refractivity contribution in [1.82, 2.24) is 0 Å². The van der Waals surface area contributed by atoms with E-state index >= 15 is 0 Å². The molecular formula is C20H22N2O4. The monoisotopic (exact) mass is 354 g/mol. The number of hydrogen-bond acceptors (Lipinski definition) is 4. The Labute approximate surface area is 152 Å². The van der Waals surface area contributed by atoms with E-state index in [4.69, 9.17) is 9.84 Å². The van der Waals surface area contributed by atoms with Crippen LogP contribution in [0.25, 0.3) is 0 Å². The van der Waals surface area contributed by atoms with Gasteiger partial charge in [-0.05, 0) is 35.2 Å². The van der Waals surface area contributed by atoms with Crippen LogP contribution in [0, 0.1) is 0 Å². The Kier molecular flexibility index (Phi) is 4.59. The van der Waals surface area contributed by atoms with Crippen molar-refractivity contribution in [2.45, 2.75) is 32.3 Å². The summed E-state index contributed by atoms with van der Waals surface area (Å²) >= 11 is 0. The molecule has 3 N–H and O–H groups in total. The molecule has 1 heterocycles. The molecule has 3 rings (SSSR count). The van der Waals surface area contributed by atoms with Crippen LogP contribution >= 0.6 is 0 Å². The van der Waals surface area contributed by atoms with Crippen molar-refractivity contribution in [3.05, 3.63) is 53.6 Å². The van der Waals surface area contributed by atoms with Crippen molar-refractivity contribution in [2.75, 3.05) is 17.2 Å². The van der Waals surface area contributed by atoms with Gasteiger partial charge in [-0.1, -0.05) is 39.0 Å². The second-order valence-electron chi connectivity index (χ2n) is 7.29. The summed E-state index contributed by atoms with van der Waals surface area (Å²) in [6.07, 6.45) is -1.03. The number of anilines is 2. The molecule has 0 bridgehead atoms. The highest BCUT2D eigenvalue weighted by atomic mass is 16.5. The van der Waals surface area contributed by atoms with Crippen molar-refractivity contribution >= 4 is 23.3 Å². The molecule has 1 amide bonds. The predicted octanol–water partition coefficient (Wildman–Crippen LogP) is 3.49. The van der Waals surface area contributed by atoms with Crippen LogP contribution in [-0.4, -0.2) is 29.6 Å². The van der Waals surface area contributed by atoms with Crippen LogP contribution in [0.5, 0.6) is 5.75 Å². The zero-order valence-corrected chi connectivity index (χ0v) is 15.0. The maximum absolute atomic E-state index is 12.7. The number of carboxylic acid groups (broad SMARTS) is 1. The zero-order valence-electron chi connectivity index (χ0n) is 15.0. The number of ether oxygens (including phenoxy) is 1. The summed E-state index contributed by atoms with van der Waals surface area (Å²) in [4.78, 5) is 23.9. The number of carboxylic acids is 1. The van der Waals surface area contributed by atoms with Crippen molar-refractivity contribution < 1.29 is 19.4 Å². The van der Waals surface area contributed by atoms with Crippen molar-refractivity contribution in [3.8, 4) is 5.75 Å². The van der Waals surface area contributed by atoms with Crippen molar-refractivity contribution in [2.24, 2.45) is 0 Å². The number of carbonyl (C=O) groups is 2. The van der Waals surface area contributed by atoms with Crippen LogP contribution in [0.1, 0.15) is 36.7 Å². The Morgan fingerprint density at radius 1 is 1.15 bits per heavy atom. The van der Waals surface area contributed by atoms with Crippen LogP contribution < -0.4 is 15.4 Å². The average molecular weight is 354 g/mol. The molecule has 1 unspecified atom stereocenters. The van der Waals surface area contributed by atoms with Gasteiger partial charge in [0.25, 0.3) is 5.91 Å². The van der Waals surface area contributed by atoms with Crippen molar-refractivity contribution in [1.29, 1.82) is 0 Å². The molecule has 0 fully saturated rings. The van der Waals surface area contributed by atoms with Gasteiger partial charge in [-0.3, -0.25) is 4.79 Å². The Bertz CT molecular complexity index is 838. The molecule has 0 saturated heterocycles. The molecule has 2 aromatic carbocycles. The van der Waals surface area contributed by atoms with Crippen LogP contribution in [-0.2, 0) is 10.2 Å². The molecular weight excluding hydrogens is 332 g/mol. The fraction of sp³-hybridized carbons (Fsp3) is 0.300. The van der Waals surface area contributed by atoms with Gasteiger partial charge >= 0.3 is 5.97 Å². The number of benzene rings is 2. The summed E-state index contributed by atoms with van der Waals surface area (Å²) in [7, 11) is 0. The van der Waals surface area contributed by atoms with E-state index in [0.29, 0.717) is 16.9 Å². The molecule has 0 saturated carbocycles. The highest BCUT2D eigenvalue weighted by Gasteiger charge is 2.28. The lowest BCUT2D eigenvalue weighted by molar-refractivity contribution is -0.144. The molecule has 136 valence electrons. The second-order valence-corrected chi connectivity index (χ2v) is 7.29. The number of rotatable bonds is 3. The Morgan fingerprint density at radius 3 is 2.46 bits per heavy atom. The normalized spacial score (nSPS) is 16.0. The lowest BCUT2D eigenvalue weighted by Gasteiger charge is -2.26. The minimum atomic E-state index is -1.07. The lowest BCUT2D eigenvalue weighted by Crippen LogP contribution is -2.38. The minimum absolute atomic E-state index is 0.0341. The molecule has 6 nitrogen and oxygen atoms in total. The van der Waals surface area contributed by atoms with Crippen LogP contribution in [0.4, 0.5) is 11.4 Å². The summed E-state index contributed by atoms with van der Waals surface area (Å²) in [6, 6.07) is 12.8. The first-order valence-corrected chi connectivity index (χ1v) is 8.44. The first kappa shape index (κ1) is 17.8. The largest absolute Gasteiger partial charge is 0.478 e. The van der Waals surface area contributed by atoms with Gasteiger partial charge in [0.1, 0.15) is 0 Å². The van der Waals surface area contributed by atoms with Gasteiger partial charge in [0.15, 0.2) is 5.75 Å². The van der Waals surface area contributed by atoms with Gasteiger partial charge in [0.05, 0.1) is 17.8 Å². The molecule has 0 spiro atoms. The summed E-state index contributed by atoms with van der Waals surface area (Å²) in [5, 5.41) is 15.0. The first-order valence-electron chi connectivity index (χ1n) is 8.44. The third-order valence-electron chi connectivity index (χ3n) is 4.28. The molecule has 26 heavy (non-hydrogen) atoms. The highest BCUT2D eigenvalue weighted by molar-refractivity contribution is 6.07. The molecule has 1 aliphatic rings. The maximum atomic E-state index is 12.7. The highest BCUT2D eigenvalue weighted by Crippen LogP contribution is 2.33. The quantitative estimate of drug-likeness (QED) is 0.785. The third kappa shape index (κ3) is 3.64. The van der Waals surface area contributed by atoms with E-state index in [1.807, 2.05) is 24.3 Å². The number of fused-ring (bicyclic) bond motifs is 1. The van der Waals surface area contributed by atoms with E-state index < -0.39 is 12.1 Å². The molecule has 2 aromatic rings. The SMILES string of the molecule is CC(C)(C)c1ccc(NC(=O)c2cccc3c2OC(C(=O)O)CN3)cc1.